The Kier molecular flexibility index (Phi) is 2.12. The zero-order valence-electron chi connectivity index (χ0n) is 5.99. The van der Waals surface area contributed by atoms with Crippen LogP contribution in [0.25, 0.3) is 0 Å². The van der Waals surface area contributed by atoms with Crippen molar-refractivity contribution in [3.63, 3.8) is 0 Å². The first-order valence-corrected chi connectivity index (χ1v) is 3.42. The summed E-state index contributed by atoms with van der Waals surface area (Å²) in [5, 5.41) is 8.58. The van der Waals surface area contributed by atoms with Crippen LogP contribution in [-0.4, -0.2) is 34.5 Å². The van der Waals surface area contributed by atoms with Gasteiger partial charge in [-0.25, -0.2) is 4.79 Å². The molecule has 1 N–H and O–H groups in total. The quantitative estimate of drug-likeness (QED) is 0.569. The Balaban J connectivity index is 2.65. The number of carboxylic acid groups (broad SMARTS) is 1. The third kappa shape index (κ3) is 1.50. The Labute approximate surface area is 64.8 Å². The molecule has 0 aromatic heterocycles. The summed E-state index contributed by atoms with van der Waals surface area (Å²) in [6, 6.07) is -0.701. The van der Waals surface area contributed by atoms with Gasteiger partial charge >= 0.3 is 5.97 Å². The lowest BCUT2D eigenvalue weighted by molar-refractivity contribution is -0.146. The second-order valence-corrected chi connectivity index (χ2v) is 2.53. The highest BCUT2D eigenvalue weighted by Gasteiger charge is 2.31. The maximum Gasteiger partial charge on any atom is 0.326 e. The van der Waals surface area contributed by atoms with Crippen LogP contribution in [0, 0.1) is 6.92 Å². The Morgan fingerprint density at radius 1 is 1.55 bits per heavy atom. The van der Waals surface area contributed by atoms with Gasteiger partial charge in [0.1, 0.15) is 6.04 Å². The minimum Gasteiger partial charge on any atom is -0.480 e. The van der Waals surface area contributed by atoms with Gasteiger partial charge in [0.15, 0.2) is 0 Å². The van der Waals surface area contributed by atoms with E-state index in [0.717, 1.165) is 6.42 Å². The minimum atomic E-state index is -0.971. The van der Waals surface area contributed by atoms with Gasteiger partial charge in [0.05, 0.1) is 6.92 Å². The Hall–Kier alpha value is -1.06. The van der Waals surface area contributed by atoms with E-state index in [2.05, 4.69) is 0 Å². The van der Waals surface area contributed by atoms with E-state index in [1.807, 2.05) is 0 Å². The molecule has 1 saturated heterocycles. The molecule has 1 rings (SSSR count). The molecule has 1 atom stereocenters. The van der Waals surface area contributed by atoms with E-state index < -0.39 is 17.9 Å². The van der Waals surface area contributed by atoms with Crippen LogP contribution >= 0.6 is 0 Å². The summed E-state index contributed by atoms with van der Waals surface area (Å²) in [5.41, 5.74) is 0. The van der Waals surface area contributed by atoms with E-state index in [4.69, 9.17) is 12.0 Å². The molecule has 4 heteroatoms. The molecule has 4 nitrogen and oxygen atoms in total. The molecule has 11 heavy (non-hydrogen) atoms. The van der Waals surface area contributed by atoms with Crippen molar-refractivity contribution in [2.45, 2.75) is 18.9 Å². The molecule has 0 saturated carbocycles. The van der Waals surface area contributed by atoms with Crippen molar-refractivity contribution in [3.05, 3.63) is 6.92 Å². The number of likely N-dealkylation sites (tertiary alicyclic amines) is 1. The lowest BCUT2D eigenvalue weighted by Crippen LogP contribution is -2.39. The van der Waals surface area contributed by atoms with Crippen LogP contribution in [0.1, 0.15) is 12.8 Å². The van der Waals surface area contributed by atoms with Crippen LogP contribution in [-0.2, 0) is 9.59 Å². The third-order valence-corrected chi connectivity index (χ3v) is 1.82. The number of hydrogen-bond acceptors (Lipinski definition) is 2. The molecule has 1 fully saturated rings. The fourth-order valence-corrected chi connectivity index (χ4v) is 1.29. The van der Waals surface area contributed by atoms with Crippen molar-refractivity contribution in [2.24, 2.45) is 0 Å². The fraction of sp³-hybridized carbons (Fsp3) is 0.571. The second-order valence-electron chi connectivity index (χ2n) is 2.53. The summed E-state index contributed by atoms with van der Waals surface area (Å²) < 4.78 is 0. The van der Waals surface area contributed by atoms with Crippen molar-refractivity contribution in [3.8, 4) is 0 Å². The van der Waals surface area contributed by atoms with E-state index >= 15 is 0 Å². The van der Waals surface area contributed by atoms with Crippen LogP contribution in [0.3, 0.4) is 0 Å². The van der Waals surface area contributed by atoms with Crippen molar-refractivity contribution in [2.75, 3.05) is 6.54 Å². The average Bonchev–Trinajstić information content (AvgIpc) is 2.32. The topological polar surface area (TPSA) is 57.6 Å². The van der Waals surface area contributed by atoms with Crippen LogP contribution in [0.15, 0.2) is 0 Å². The second kappa shape index (κ2) is 2.90. The number of nitrogens with zero attached hydrogens (tertiary/aromatic N) is 1. The van der Waals surface area contributed by atoms with Crippen LogP contribution < -0.4 is 0 Å². The molecule has 0 bridgehead atoms. The van der Waals surface area contributed by atoms with E-state index in [1.54, 1.807) is 0 Å². The smallest absolute Gasteiger partial charge is 0.326 e. The Morgan fingerprint density at radius 3 is 2.55 bits per heavy atom. The number of carbonyl (C=O) groups is 2. The number of aliphatic carboxylic acids is 1. The normalized spacial score (nSPS) is 23.7. The van der Waals surface area contributed by atoms with E-state index in [9.17, 15) is 9.59 Å². The van der Waals surface area contributed by atoms with E-state index in [-0.39, 0.29) is 0 Å². The summed E-state index contributed by atoms with van der Waals surface area (Å²) in [5.74, 6) is -1.61. The zero-order valence-corrected chi connectivity index (χ0v) is 5.99. The Morgan fingerprint density at radius 2 is 2.18 bits per heavy atom. The zero-order chi connectivity index (χ0) is 8.43. The molecule has 0 spiro atoms. The highest BCUT2D eigenvalue weighted by Crippen LogP contribution is 2.16. The molecule has 0 aromatic carbocycles. The van der Waals surface area contributed by atoms with Gasteiger partial charge in [-0.15, -0.1) is 0 Å². The first-order chi connectivity index (χ1) is 5.13. The molecule has 0 aliphatic carbocycles. The molecule has 0 aromatic rings. The molecule has 2 radical (unpaired) electrons. The largest absolute Gasteiger partial charge is 0.480 e. The highest BCUT2D eigenvalue weighted by molar-refractivity contribution is 5.86. The van der Waals surface area contributed by atoms with Crippen molar-refractivity contribution in [1.29, 1.82) is 0 Å². The molecule has 1 amide bonds. The predicted octanol–water partition coefficient (Wildman–Crippen LogP) is -0.227. The maximum atomic E-state index is 10.6. The van der Waals surface area contributed by atoms with Gasteiger partial charge in [-0.05, 0) is 12.8 Å². The number of carboxylic acids is 1. The molecule has 1 heterocycles. The van der Waals surface area contributed by atoms with Crippen LogP contribution in [0.5, 0.6) is 0 Å². The maximum absolute atomic E-state index is 10.6. The van der Waals surface area contributed by atoms with Gasteiger partial charge in [0, 0.05) is 6.54 Å². The average molecular weight is 155 g/mol. The third-order valence-electron chi connectivity index (χ3n) is 1.82. The van der Waals surface area contributed by atoms with E-state index in [1.165, 1.54) is 4.90 Å². The van der Waals surface area contributed by atoms with Gasteiger partial charge in [-0.1, -0.05) is 0 Å². The van der Waals surface area contributed by atoms with E-state index in [0.29, 0.717) is 13.0 Å². The van der Waals surface area contributed by atoms with Crippen LogP contribution in [0.4, 0.5) is 0 Å². The van der Waals surface area contributed by atoms with Gasteiger partial charge in [-0.2, -0.15) is 0 Å². The number of carbonyl (C=O) groups excluding carboxylic acids is 1. The van der Waals surface area contributed by atoms with Crippen molar-refractivity contribution < 1.29 is 14.7 Å². The minimum absolute atomic E-state index is 0.465. The fourth-order valence-electron chi connectivity index (χ4n) is 1.29. The summed E-state index contributed by atoms with van der Waals surface area (Å²) >= 11 is 0. The molecule has 1 aliphatic heterocycles. The molecule has 1 unspecified atom stereocenters. The summed E-state index contributed by atoms with van der Waals surface area (Å²) in [4.78, 5) is 22.3. The molecular weight excluding hydrogens is 146 g/mol. The first-order valence-electron chi connectivity index (χ1n) is 3.42. The standard InChI is InChI=1S/C7H9NO3/c1-5(9)8-4-2-3-6(8)7(10)11/h1,6H,2-4H2,(H,10,11). The first kappa shape index (κ1) is 8.04. The van der Waals surface area contributed by atoms with Gasteiger partial charge in [0.25, 0.3) is 0 Å². The molecule has 60 valence electrons. The predicted molar refractivity (Wildman–Crippen MR) is 36.7 cm³/mol. The van der Waals surface area contributed by atoms with Gasteiger partial charge in [0.2, 0.25) is 5.91 Å². The summed E-state index contributed by atoms with van der Waals surface area (Å²) in [6.45, 7) is 5.41. The number of amides is 1. The number of hydrogen-bond donors (Lipinski definition) is 1. The molecular formula is C7H9NO3. The Bertz CT molecular complexity index is 170. The van der Waals surface area contributed by atoms with Crippen molar-refractivity contribution in [1.82, 2.24) is 4.90 Å². The summed E-state index contributed by atoms with van der Waals surface area (Å²) in [6.07, 6.45) is 1.23. The van der Waals surface area contributed by atoms with Gasteiger partial charge in [-0.3, -0.25) is 4.79 Å². The number of rotatable bonds is 1. The van der Waals surface area contributed by atoms with Gasteiger partial charge < -0.3 is 10.0 Å². The monoisotopic (exact) mass is 155 g/mol. The molecule has 1 aliphatic rings. The van der Waals surface area contributed by atoms with Crippen LogP contribution in [0.2, 0.25) is 0 Å². The summed E-state index contributed by atoms with van der Waals surface area (Å²) in [7, 11) is 0. The van der Waals surface area contributed by atoms with Crippen molar-refractivity contribution >= 4 is 11.9 Å². The highest BCUT2D eigenvalue weighted by atomic mass is 16.4. The lowest BCUT2D eigenvalue weighted by atomic mass is 10.2. The SMILES string of the molecule is [CH]C(=O)N1CCCC1C(=O)O. The lowest BCUT2D eigenvalue weighted by Gasteiger charge is -2.18.